The second-order valence-corrected chi connectivity index (χ2v) is 5.39. The van der Waals surface area contributed by atoms with Crippen LogP contribution in [-0.2, 0) is 11.8 Å². The van der Waals surface area contributed by atoms with Crippen LogP contribution >= 0.6 is 11.8 Å². The van der Waals surface area contributed by atoms with Crippen molar-refractivity contribution in [2.24, 2.45) is 7.05 Å². The van der Waals surface area contributed by atoms with Crippen molar-refractivity contribution in [3.63, 3.8) is 0 Å². The van der Waals surface area contributed by atoms with Crippen LogP contribution in [0.1, 0.15) is 12.8 Å². The maximum absolute atomic E-state index is 5.61. The van der Waals surface area contributed by atoms with Crippen LogP contribution in [0.15, 0.2) is 23.7 Å². The summed E-state index contributed by atoms with van der Waals surface area (Å²) in [6.07, 6.45) is 7.65. The van der Waals surface area contributed by atoms with Gasteiger partial charge in [-0.05, 0) is 12.8 Å². The zero-order chi connectivity index (χ0) is 13.1. The van der Waals surface area contributed by atoms with Crippen molar-refractivity contribution >= 4 is 11.8 Å². The van der Waals surface area contributed by atoms with Crippen molar-refractivity contribution in [3.05, 3.63) is 18.6 Å². The minimum absolute atomic E-state index is 0.349. The van der Waals surface area contributed by atoms with Crippen molar-refractivity contribution in [1.29, 1.82) is 0 Å². The fourth-order valence-electron chi connectivity index (χ4n) is 2.02. The first-order chi connectivity index (χ1) is 9.34. The Kier molecular flexibility index (Phi) is 3.74. The molecule has 3 heterocycles. The van der Waals surface area contributed by atoms with Gasteiger partial charge < -0.3 is 9.30 Å². The highest BCUT2D eigenvalue weighted by molar-refractivity contribution is 7.99. The topological polar surface area (TPSA) is 65.7 Å². The second kappa shape index (κ2) is 5.66. The third kappa shape index (κ3) is 2.76. The quantitative estimate of drug-likeness (QED) is 0.790. The van der Waals surface area contributed by atoms with Crippen LogP contribution in [0.2, 0.25) is 0 Å². The van der Waals surface area contributed by atoms with Gasteiger partial charge >= 0.3 is 0 Å². The fraction of sp³-hybridized carbons (Fsp3) is 0.500. The Morgan fingerprint density at radius 3 is 3.11 bits per heavy atom. The number of aromatic nitrogens is 5. The zero-order valence-electron chi connectivity index (χ0n) is 10.7. The zero-order valence-corrected chi connectivity index (χ0v) is 11.5. The first-order valence-corrected chi connectivity index (χ1v) is 7.23. The molecule has 1 atom stereocenters. The fourth-order valence-corrected chi connectivity index (χ4v) is 3.00. The Hall–Kier alpha value is -1.47. The molecule has 1 saturated heterocycles. The van der Waals surface area contributed by atoms with Crippen LogP contribution in [0.4, 0.5) is 0 Å². The van der Waals surface area contributed by atoms with E-state index in [-0.39, 0.29) is 0 Å². The molecular weight excluding hydrogens is 262 g/mol. The summed E-state index contributed by atoms with van der Waals surface area (Å²) >= 11 is 1.68. The molecule has 2 aromatic heterocycles. The van der Waals surface area contributed by atoms with Gasteiger partial charge in [0.2, 0.25) is 0 Å². The third-order valence-corrected chi connectivity index (χ3v) is 4.20. The predicted molar refractivity (Wildman–Crippen MR) is 71.7 cm³/mol. The van der Waals surface area contributed by atoms with E-state index < -0.39 is 0 Å². The van der Waals surface area contributed by atoms with E-state index in [2.05, 4.69) is 20.2 Å². The molecule has 0 aromatic carbocycles. The third-order valence-electron chi connectivity index (χ3n) is 3.05. The Balaban J connectivity index is 1.72. The standard InChI is InChI=1S/C12H15N5OS/c1-17-11(10-7-13-4-5-14-10)15-16-12(17)19-8-9-3-2-6-18-9/h4-5,7,9H,2-3,6,8H2,1H3. The molecule has 100 valence electrons. The maximum Gasteiger partial charge on any atom is 0.191 e. The number of nitrogens with zero attached hydrogens (tertiary/aromatic N) is 5. The molecular formula is C12H15N5OS. The van der Waals surface area contributed by atoms with Gasteiger partial charge in [0.05, 0.1) is 12.3 Å². The molecule has 1 unspecified atom stereocenters. The molecule has 6 nitrogen and oxygen atoms in total. The van der Waals surface area contributed by atoms with Gasteiger partial charge in [-0.3, -0.25) is 4.98 Å². The molecule has 1 aliphatic heterocycles. The molecule has 0 aliphatic carbocycles. The van der Waals surface area contributed by atoms with Crippen LogP contribution in [0.5, 0.6) is 0 Å². The van der Waals surface area contributed by atoms with Crippen LogP contribution in [-0.4, -0.2) is 43.2 Å². The summed E-state index contributed by atoms with van der Waals surface area (Å²) < 4.78 is 7.55. The van der Waals surface area contributed by atoms with Crippen LogP contribution < -0.4 is 0 Å². The lowest BCUT2D eigenvalue weighted by Crippen LogP contribution is -2.08. The van der Waals surface area contributed by atoms with E-state index >= 15 is 0 Å². The number of hydrogen-bond donors (Lipinski definition) is 0. The number of rotatable bonds is 4. The van der Waals surface area contributed by atoms with Crippen LogP contribution in [0.25, 0.3) is 11.5 Å². The SMILES string of the molecule is Cn1c(SCC2CCCO2)nnc1-c1cnccn1. The first-order valence-electron chi connectivity index (χ1n) is 6.25. The summed E-state index contributed by atoms with van der Waals surface area (Å²) in [5, 5.41) is 9.27. The van der Waals surface area contributed by atoms with Crippen molar-refractivity contribution in [2.45, 2.75) is 24.1 Å². The Labute approximate surface area is 115 Å². The van der Waals surface area contributed by atoms with Crippen LogP contribution in [0.3, 0.4) is 0 Å². The first kappa shape index (κ1) is 12.6. The second-order valence-electron chi connectivity index (χ2n) is 4.40. The van der Waals surface area contributed by atoms with Gasteiger partial charge in [0.15, 0.2) is 11.0 Å². The normalized spacial score (nSPS) is 18.9. The molecule has 0 radical (unpaired) electrons. The molecule has 19 heavy (non-hydrogen) atoms. The van der Waals surface area contributed by atoms with E-state index in [0.717, 1.165) is 41.9 Å². The van der Waals surface area contributed by atoms with E-state index in [1.807, 2.05) is 11.6 Å². The van der Waals surface area contributed by atoms with Crippen molar-refractivity contribution < 1.29 is 4.74 Å². The average Bonchev–Trinajstić information content (AvgIpc) is 3.07. The molecule has 7 heteroatoms. The Morgan fingerprint density at radius 2 is 2.37 bits per heavy atom. The van der Waals surface area contributed by atoms with Gasteiger partial charge in [0, 0.05) is 31.8 Å². The molecule has 1 aliphatic rings. The van der Waals surface area contributed by atoms with Crippen molar-refractivity contribution in [1.82, 2.24) is 24.7 Å². The lowest BCUT2D eigenvalue weighted by Gasteiger charge is -2.08. The minimum atomic E-state index is 0.349. The molecule has 0 N–H and O–H groups in total. The highest BCUT2D eigenvalue weighted by Gasteiger charge is 2.18. The van der Waals surface area contributed by atoms with E-state index in [9.17, 15) is 0 Å². The van der Waals surface area contributed by atoms with E-state index in [0.29, 0.717) is 6.10 Å². The van der Waals surface area contributed by atoms with Gasteiger partial charge in [-0.25, -0.2) is 4.98 Å². The predicted octanol–water partition coefficient (Wildman–Crippen LogP) is 1.54. The summed E-state index contributed by atoms with van der Waals surface area (Å²) in [4.78, 5) is 8.29. The number of hydrogen-bond acceptors (Lipinski definition) is 6. The minimum Gasteiger partial charge on any atom is -0.377 e. The summed E-state index contributed by atoms with van der Waals surface area (Å²) in [6.45, 7) is 0.884. The molecule has 0 saturated carbocycles. The number of ether oxygens (including phenoxy) is 1. The molecule has 1 fully saturated rings. The summed E-state index contributed by atoms with van der Waals surface area (Å²) in [5.41, 5.74) is 0.737. The molecule has 3 rings (SSSR count). The summed E-state index contributed by atoms with van der Waals surface area (Å²) in [7, 11) is 1.95. The van der Waals surface area contributed by atoms with Crippen molar-refractivity contribution in [3.8, 4) is 11.5 Å². The summed E-state index contributed by atoms with van der Waals surface area (Å²) in [6, 6.07) is 0. The summed E-state index contributed by atoms with van der Waals surface area (Å²) in [5.74, 6) is 1.66. The van der Waals surface area contributed by atoms with Gasteiger partial charge in [-0.2, -0.15) is 0 Å². The highest BCUT2D eigenvalue weighted by atomic mass is 32.2. The van der Waals surface area contributed by atoms with Crippen LogP contribution in [0, 0.1) is 0 Å². The lowest BCUT2D eigenvalue weighted by molar-refractivity contribution is 0.129. The monoisotopic (exact) mass is 277 g/mol. The maximum atomic E-state index is 5.61. The largest absolute Gasteiger partial charge is 0.377 e. The Bertz CT molecular complexity index is 538. The van der Waals surface area contributed by atoms with E-state index in [4.69, 9.17) is 4.74 Å². The smallest absolute Gasteiger partial charge is 0.191 e. The Morgan fingerprint density at radius 1 is 1.42 bits per heavy atom. The number of thioether (sulfide) groups is 1. The lowest BCUT2D eigenvalue weighted by atomic mass is 10.3. The van der Waals surface area contributed by atoms with E-state index in [1.54, 1.807) is 30.4 Å². The molecule has 0 bridgehead atoms. The highest BCUT2D eigenvalue weighted by Crippen LogP contribution is 2.24. The van der Waals surface area contributed by atoms with E-state index in [1.165, 1.54) is 0 Å². The average molecular weight is 277 g/mol. The van der Waals surface area contributed by atoms with Gasteiger partial charge in [0.25, 0.3) is 0 Å². The van der Waals surface area contributed by atoms with Crippen molar-refractivity contribution in [2.75, 3.05) is 12.4 Å². The molecule has 2 aromatic rings. The molecule has 0 amide bonds. The van der Waals surface area contributed by atoms with Gasteiger partial charge in [0.1, 0.15) is 5.69 Å². The molecule has 0 spiro atoms. The van der Waals surface area contributed by atoms with Gasteiger partial charge in [-0.15, -0.1) is 10.2 Å². The van der Waals surface area contributed by atoms with Gasteiger partial charge in [-0.1, -0.05) is 11.8 Å².